The molecule has 0 saturated carbocycles. The quantitative estimate of drug-likeness (QED) is 0.0373. The third-order valence-corrected chi connectivity index (χ3v) is 7.48. The molecule has 0 spiro atoms. The summed E-state index contributed by atoms with van der Waals surface area (Å²) in [6.07, 6.45) is -0.843. The van der Waals surface area contributed by atoms with Crippen LogP contribution in [0.4, 0.5) is 10.5 Å². The van der Waals surface area contributed by atoms with Crippen LogP contribution in [0.15, 0.2) is 63.8 Å². The molecule has 1 aromatic heterocycles. The molecule has 1 heterocycles. The number of ether oxygens (including phenoxy) is 2. The Bertz CT molecular complexity index is 1810. The summed E-state index contributed by atoms with van der Waals surface area (Å²) in [5.74, 6) is -2.94. The molecule has 3 rings (SSSR count). The Hall–Kier alpha value is -5.93. The highest BCUT2D eigenvalue weighted by Crippen LogP contribution is 2.21. The van der Waals surface area contributed by atoms with Crippen LogP contribution in [0.25, 0.3) is 11.0 Å². The van der Waals surface area contributed by atoms with E-state index in [1.807, 2.05) is 6.07 Å². The zero-order valence-electron chi connectivity index (χ0n) is 29.9. The van der Waals surface area contributed by atoms with E-state index in [0.29, 0.717) is 23.1 Å². The van der Waals surface area contributed by atoms with E-state index in [9.17, 15) is 28.8 Å². The molecule has 16 heteroatoms. The minimum Gasteiger partial charge on any atom is -0.461 e. The topological polar surface area (TPSA) is 244 Å². The molecule has 3 aromatic rings. The van der Waals surface area contributed by atoms with Crippen LogP contribution in [-0.4, -0.2) is 66.0 Å². The Balaban J connectivity index is 1.69. The number of alkyl carbamates (subject to hydrolysis) is 1. The van der Waals surface area contributed by atoms with E-state index in [-0.39, 0.29) is 44.0 Å². The number of esters is 1. The smallest absolute Gasteiger partial charge is 0.408 e. The molecule has 0 aliphatic rings. The minimum absolute atomic E-state index is 0.0315. The highest BCUT2D eigenvalue weighted by atomic mass is 16.6. The van der Waals surface area contributed by atoms with E-state index in [1.165, 1.54) is 19.1 Å². The zero-order chi connectivity index (χ0) is 38.4. The number of carbonyl (C=O) groups is 5. The largest absolute Gasteiger partial charge is 0.461 e. The molecule has 3 atom stereocenters. The van der Waals surface area contributed by atoms with Crippen LogP contribution in [0.2, 0.25) is 0 Å². The van der Waals surface area contributed by atoms with Gasteiger partial charge in [0.1, 0.15) is 35.9 Å². The summed E-state index contributed by atoms with van der Waals surface area (Å²) in [6.45, 7) is 8.38. The molecule has 280 valence electrons. The summed E-state index contributed by atoms with van der Waals surface area (Å²) in [4.78, 5) is 77.1. The number of nitrogens with two attached hydrogens (primary N) is 1. The van der Waals surface area contributed by atoms with Gasteiger partial charge in [-0.1, -0.05) is 30.3 Å². The van der Waals surface area contributed by atoms with E-state index < -0.39 is 59.1 Å². The lowest BCUT2D eigenvalue weighted by atomic mass is 10.1. The van der Waals surface area contributed by atoms with Gasteiger partial charge in [-0.05, 0) is 77.1 Å². The van der Waals surface area contributed by atoms with E-state index in [0.717, 1.165) is 5.56 Å². The normalized spacial score (nSPS) is 12.8. The second-order valence-electron chi connectivity index (χ2n) is 13.1. The average molecular weight is 722 g/mol. The van der Waals surface area contributed by atoms with Crippen molar-refractivity contribution in [3.8, 4) is 0 Å². The molecule has 0 aliphatic carbocycles. The maximum absolute atomic E-state index is 13.4. The molecule has 0 aliphatic heterocycles. The Morgan fingerprint density at radius 3 is 2.27 bits per heavy atom. The van der Waals surface area contributed by atoms with Gasteiger partial charge < -0.3 is 46.2 Å². The van der Waals surface area contributed by atoms with Crippen molar-refractivity contribution in [2.75, 3.05) is 11.9 Å². The Labute approximate surface area is 301 Å². The molecular weight excluding hydrogens is 674 g/mol. The molecule has 4 amide bonds. The van der Waals surface area contributed by atoms with Crippen LogP contribution in [0.1, 0.15) is 64.5 Å². The molecule has 0 bridgehead atoms. The first-order chi connectivity index (χ1) is 24.5. The van der Waals surface area contributed by atoms with Gasteiger partial charge in [0, 0.05) is 36.2 Å². The minimum atomic E-state index is -1.28. The molecular formula is C36H47N7O9. The van der Waals surface area contributed by atoms with Gasteiger partial charge >= 0.3 is 17.7 Å². The van der Waals surface area contributed by atoms with Gasteiger partial charge in [-0.25, -0.2) is 9.59 Å². The Morgan fingerprint density at radius 2 is 1.60 bits per heavy atom. The number of hydrogen-bond acceptors (Lipinski definition) is 10. The van der Waals surface area contributed by atoms with Crippen LogP contribution in [0.5, 0.6) is 0 Å². The fourth-order valence-electron chi connectivity index (χ4n) is 4.90. The maximum Gasteiger partial charge on any atom is 0.408 e. The van der Waals surface area contributed by atoms with Crippen LogP contribution in [0, 0.1) is 12.3 Å². The van der Waals surface area contributed by atoms with Gasteiger partial charge in [0.25, 0.3) is 0 Å². The van der Waals surface area contributed by atoms with E-state index in [2.05, 4.69) is 26.6 Å². The molecule has 52 heavy (non-hydrogen) atoms. The molecule has 0 saturated heterocycles. The first-order valence-electron chi connectivity index (χ1n) is 16.7. The van der Waals surface area contributed by atoms with Crippen molar-refractivity contribution in [3.05, 3.63) is 76.1 Å². The van der Waals surface area contributed by atoms with Crippen molar-refractivity contribution < 1.29 is 37.9 Å². The SMILES string of the molecule is Cc1cc(=O)oc2cc(NC(=O)[C@H](CCCNC(=N)N)NC(=O)[C@H](C)NC(=O)[C@H](CCC(=O)OCc3ccccc3)NC(=O)OC(C)(C)C)ccc12. The van der Waals surface area contributed by atoms with Gasteiger partial charge in [0.15, 0.2) is 5.96 Å². The molecule has 0 radical (unpaired) electrons. The number of benzene rings is 2. The van der Waals surface area contributed by atoms with Crippen molar-refractivity contribution in [1.29, 1.82) is 5.41 Å². The molecule has 0 fully saturated rings. The third kappa shape index (κ3) is 13.8. The predicted octanol–water partition coefficient (Wildman–Crippen LogP) is 2.71. The van der Waals surface area contributed by atoms with Crippen molar-refractivity contribution in [1.82, 2.24) is 21.3 Å². The second-order valence-corrected chi connectivity index (χ2v) is 13.1. The number of aryl methyl sites for hydroxylation is 1. The molecule has 0 unspecified atom stereocenters. The van der Waals surface area contributed by atoms with E-state index >= 15 is 0 Å². The van der Waals surface area contributed by atoms with Gasteiger partial charge in [-0.2, -0.15) is 0 Å². The van der Waals surface area contributed by atoms with Crippen molar-refractivity contribution in [2.45, 2.75) is 90.6 Å². The van der Waals surface area contributed by atoms with Crippen LogP contribution in [-0.2, 0) is 35.3 Å². The Kier molecular flexibility index (Phi) is 14.7. The highest BCUT2D eigenvalue weighted by molar-refractivity contribution is 6.00. The molecule has 2 aromatic carbocycles. The number of hydrogen-bond donors (Lipinski definition) is 7. The monoisotopic (exact) mass is 721 g/mol. The standard InChI is InChI=1S/C36H47N7O9/c1-21-18-30(45)51-28-19-24(13-14-25(21)28)41-33(48)26(12-9-17-39-34(37)38)42-31(46)22(2)40-32(47)27(43-35(49)52-36(3,4)5)15-16-29(44)50-20-23-10-7-6-8-11-23/h6-8,10-11,13-14,18-19,22,26-27H,9,12,15-17,20H2,1-5H3,(H,40,47)(H,41,48)(H,42,46)(H,43,49)(H4,37,38,39)/t22-,26-,27-/m0/s1. The van der Waals surface area contributed by atoms with Crippen molar-refractivity contribution in [3.63, 3.8) is 0 Å². The summed E-state index contributed by atoms with van der Waals surface area (Å²) in [6, 6.07) is 11.6. The second kappa shape index (κ2) is 18.9. The van der Waals surface area contributed by atoms with Crippen molar-refractivity contribution in [2.24, 2.45) is 5.73 Å². The number of rotatable bonds is 16. The summed E-state index contributed by atoms with van der Waals surface area (Å²) in [5, 5.41) is 21.0. The lowest BCUT2D eigenvalue weighted by molar-refractivity contribution is -0.145. The number of amides is 4. The van der Waals surface area contributed by atoms with E-state index in [4.69, 9.17) is 25.0 Å². The van der Waals surface area contributed by atoms with Gasteiger partial charge in [0.05, 0.1) is 0 Å². The van der Waals surface area contributed by atoms with Crippen LogP contribution in [0.3, 0.4) is 0 Å². The summed E-state index contributed by atoms with van der Waals surface area (Å²) in [5.41, 5.74) is 6.00. The van der Waals surface area contributed by atoms with Crippen molar-refractivity contribution >= 4 is 52.4 Å². The lowest BCUT2D eigenvalue weighted by Gasteiger charge is -2.25. The third-order valence-electron chi connectivity index (χ3n) is 7.48. The summed E-state index contributed by atoms with van der Waals surface area (Å²) < 4.78 is 15.9. The number of anilines is 1. The number of carbonyl (C=O) groups excluding carboxylic acids is 5. The van der Waals surface area contributed by atoms with E-state index in [1.54, 1.807) is 64.1 Å². The van der Waals surface area contributed by atoms with Crippen LogP contribution >= 0.6 is 0 Å². The van der Waals surface area contributed by atoms with Gasteiger partial charge in [0.2, 0.25) is 17.7 Å². The Morgan fingerprint density at radius 1 is 0.904 bits per heavy atom. The maximum atomic E-state index is 13.4. The lowest BCUT2D eigenvalue weighted by Crippen LogP contribution is -2.55. The predicted molar refractivity (Wildman–Crippen MR) is 193 cm³/mol. The van der Waals surface area contributed by atoms with Gasteiger partial charge in [-0.3, -0.25) is 24.6 Å². The number of fused-ring (bicyclic) bond motifs is 1. The molecule has 16 nitrogen and oxygen atoms in total. The first kappa shape index (κ1) is 40.5. The first-order valence-corrected chi connectivity index (χ1v) is 16.7. The molecule has 8 N–H and O–H groups in total. The highest BCUT2D eigenvalue weighted by Gasteiger charge is 2.29. The average Bonchev–Trinajstić information content (AvgIpc) is 3.06. The summed E-state index contributed by atoms with van der Waals surface area (Å²) >= 11 is 0. The fraction of sp³-hybridized carbons (Fsp3) is 0.417. The van der Waals surface area contributed by atoms with Crippen LogP contribution < -0.4 is 37.9 Å². The number of nitrogens with one attached hydrogen (secondary N) is 6. The zero-order valence-corrected chi connectivity index (χ0v) is 29.9. The van der Waals surface area contributed by atoms with Gasteiger partial charge in [-0.15, -0.1) is 0 Å². The fourth-order valence-corrected chi connectivity index (χ4v) is 4.90. The summed E-state index contributed by atoms with van der Waals surface area (Å²) in [7, 11) is 0. The number of guanidine groups is 1.